The number of hydrogen-bond acceptors (Lipinski definition) is 3. The first-order valence-electron chi connectivity index (χ1n) is 9.28. The molecule has 0 radical (unpaired) electrons. The normalized spacial score (nSPS) is 26.2. The molecule has 2 fully saturated rings. The number of benzene rings is 1. The molecule has 2 aliphatic heterocycles. The molecule has 2 aliphatic rings. The van der Waals surface area contributed by atoms with Gasteiger partial charge in [0.25, 0.3) is 0 Å². The van der Waals surface area contributed by atoms with Crippen molar-refractivity contribution < 1.29 is 0 Å². The van der Waals surface area contributed by atoms with Gasteiger partial charge >= 0.3 is 0 Å². The molecule has 0 saturated carbocycles. The molecule has 2 saturated heterocycles. The van der Waals surface area contributed by atoms with E-state index < -0.39 is 0 Å². The summed E-state index contributed by atoms with van der Waals surface area (Å²) in [6.07, 6.45) is 11.1. The zero-order chi connectivity index (χ0) is 16.8. The Morgan fingerprint density at radius 1 is 1.12 bits per heavy atom. The first-order valence-corrected chi connectivity index (χ1v) is 9.28. The number of hydrogen-bond donors (Lipinski definition) is 2. The van der Waals surface area contributed by atoms with Crippen LogP contribution in [0.3, 0.4) is 0 Å². The molecular formula is C21H24N4. The minimum Gasteiger partial charge on any atom is -0.381 e. The predicted octanol–water partition coefficient (Wildman–Crippen LogP) is 4.27. The van der Waals surface area contributed by atoms with Gasteiger partial charge in [-0.3, -0.25) is 4.98 Å². The third-order valence-corrected chi connectivity index (χ3v) is 6.11. The topological polar surface area (TPSA) is 44.0 Å². The summed E-state index contributed by atoms with van der Waals surface area (Å²) < 4.78 is 0. The molecule has 3 aromatic rings. The summed E-state index contributed by atoms with van der Waals surface area (Å²) in [6, 6.07) is 12.8. The van der Waals surface area contributed by atoms with Gasteiger partial charge in [0.05, 0.1) is 5.69 Å². The van der Waals surface area contributed by atoms with E-state index in [4.69, 9.17) is 0 Å². The van der Waals surface area contributed by atoms with Crippen molar-refractivity contribution in [2.24, 2.45) is 0 Å². The second kappa shape index (κ2) is 5.88. The molecule has 2 aromatic heterocycles. The highest BCUT2D eigenvalue weighted by molar-refractivity contribution is 5.95. The Balaban J connectivity index is 1.41. The fraction of sp³-hybridized carbons (Fsp3) is 0.381. The molecule has 1 unspecified atom stereocenters. The van der Waals surface area contributed by atoms with Crippen molar-refractivity contribution in [1.29, 1.82) is 0 Å². The summed E-state index contributed by atoms with van der Waals surface area (Å²) >= 11 is 0. The monoisotopic (exact) mass is 332 g/mol. The number of nitrogens with zero attached hydrogens (tertiary/aromatic N) is 2. The van der Waals surface area contributed by atoms with E-state index in [1.807, 2.05) is 18.6 Å². The molecule has 128 valence electrons. The lowest BCUT2D eigenvalue weighted by Gasteiger charge is -2.37. The standard InChI is InChI=1S/C21H24N4/c1-25-17-5-6-18(25)11-15(10-17)24-16-9-14(12-22-13-16)19-3-2-4-21-20(19)7-8-23-21/h2-4,7-9,12-13,15,17-18,23-24H,5-6,10-11H2,1H3/t15?,17-,18+. The van der Waals surface area contributed by atoms with Crippen LogP contribution in [0.25, 0.3) is 22.0 Å². The largest absolute Gasteiger partial charge is 0.381 e. The summed E-state index contributed by atoms with van der Waals surface area (Å²) in [5.74, 6) is 0. The number of H-pyrrole nitrogens is 1. The van der Waals surface area contributed by atoms with Gasteiger partial charge in [0.15, 0.2) is 0 Å². The van der Waals surface area contributed by atoms with Crippen LogP contribution in [0, 0.1) is 0 Å². The Morgan fingerprint density at radius 2 is 1.96 bits per heavy atom. The van der Waals surface area contributed by atoms with E-state index in [2.05, 4.69) is 57.6 Å². The quantitative estimate of drug-likeness (QED) is 0.753. The fourth-order valence-electron chi connectivity index (χ4n) is 4.77. The van der Waals surface area contributed by atoms with Crippen LogP contribution in [0.4, 0.5) is 5.69 Å². The first kappa shape index (κ1) is 15.0. The van der Waals surface area contributed by atoms with E-state index in [9.17, 15) is 0 Å². The zero-order valence-electron chi connectivity index (χ0n) is 14.6. The average Bonchev–Trinajstić information content (AvgIpc) is 3.17. The Morgan fingerprint density at radius 3 is 2.80 bits per heavy atom. The fourth-order valence-corrected chi connectivity index (χ4v) is 4.77. The summed E-state index contributed by atoms with van der Waals surface area (Å²) in [6.45, 7) is 0. The molecule has 2 N–H and O–H groups in total. The second-order valence-electron chi connectivity index (χ2n) is 7.57. The molecule has 0 amide bonds. The summed E-state index contributed by atoms with van der Waals surface area (Å²) in [5.41, 5.74) is 4.71. The van der Waals surface area contributed by atoms with Crippen molar-refractivity contribution in [1.82, 2.24) is 14.9 Å². The molecule has 3 atom stereocenters. The van der Waals surface area contributed by atoms with Crippen LogP contribution < -0.4 is 5.32 Å². The van der Waals surface area contributed by atoms with Crippen LogP contribution in [-0.4, -0.2) is 40.0 Å². The van der Waals surface area contributed by atoms with Crippen LogP contribution in [0.2, 0.25) is 0 Å². The third kappa shape index (κ3) is 2.61. The van der Waals surface area contributed by atoms with E-state index in [0.717, 1.165) is 17.8 Å². The Labute approximate surface area is 148 Å². The van der Waals surface area contributed by atoms with E-state index in [1.165, 1.54) is 47.7 Å². The van der Waals surface area contributed by atoms with Crippen molar-refractivity contribution in [2.75, 3.05) is 12.4 Å². The van der Waals surface area contributed by atoms with Gasteiger partial charge in [-0.05, 0) is 56.5 Å². The molecule has 2 bridgehead atoms. The van der Waals surface area contributed by atoms with Crippen molar-refractivity contribution in [2.45, 2.75) is 43.8 Å². The molecule has 1 aromatic carbocycles. The summed E-state index contributed by atoms with van der Waals surface area (Å²) in [7, 11) is 2.29. The van der Waals surface area contributed by atoms with Crippen molar-refractivity contribution >= 4 is 16.6 Å². The molecule has 25 heavy (non-hydrogen) atoms. The SMILES string of the molecule is CN1[C@@H]2CC[C@H]1CC(Nc1cncc(-c3cccc4[nH]ccc34)c1)C2. The van der Waals surface area contributed by atoms with Crippen LogP contribution in [0.5, 0.6) is 0 Å². The van der Waals surface area contributed by atoms with Gasteiger partial charge in [0.2, 0.25) is 0 Å². The highest BCUT2D eigenvalue weighted by Gasteiger charge is 2.38. The molecule has 4 nitrogen and oxygen atoms in total. The number of aromatic amines is 1. The first-order chi connectivity index (χ1) is 12.3. The van der Waals surface area contributed by atoms with Gasteiger partial charge in [-0.2, -0.15) is 0 Å². The average molecular weight is 332 g/mol. The number of pyridine rings is 1. The van der Waals surface area contributed by atoms with Gasteiger partial charge in [-0.15, -0.1) is 0 Å². The maximum absolute atomic E-state index is 4.50. The van der Waals surface area contributed by atoms with Gasteiger partial charge in [-0.1, -0.05) is 12.1 Å². The lowest BCUT2D eigenvalue weighted by Crippen LogP contribution is -2.44. The van der Waals surface area contributed by atoms with E-state index >= 15 is 0 Å². The van der Waals surface area contributed by atoms with Crippen LogP contribution in [-0.2, 0) is 0 Å². The van der Waals surface area contributed by atoms with E-state index in [1.54, 1.807) is 0 Å². The van der Waals surface area contributed by atoms with Crippen LogP contribution in [0.15, 0.2) is 48.9 Å². The maximum atomic E-state index is 4.50. The summed E-state index contributed by atoms with van der Waals surface area (Å²) in [5, 5.41) is 5.01. The lowest BCUT2D eigenvalue weighted by molar-refractivity contribution is 0.169. The Hall–Kier alpha value is -2.33. The molecule has 4 heterocycles. The van der Waals surface area contributed by atoms with Gasteiger partial charge in [-0.25, -0.2) is 0 Å². The van der Waals surface area contributed by atoms with Crippen molar-refractivity contribution in [3.63, 3.8) is 0 Å². The number of aromatic nitrogens is 2. The number of fused-ring (bicyclic) bond motifs is 3. The molecule has 4 heteroatoms. The van der Waals surface area contributed by atoms with Crippen LogP contribution >= 0.6 is 0 Å². The minimum atomic E-state index is 0.564. The van der Waals surface area contributed by atoms with Crippen molar-refractivity contribution in [3.05, 3.63) is 48.9 Å². The maximum Gasteiger partial charge on any atom is 0.0535 e. The number of piperidine rings is 1. The smallest absolute Gasteiger partial charge is 0.0535 e. The highest BCUT2D eigenvalue weighted by atomic mass is 15.2. The zero-order valence-corrected chi connectivity index (χ0v) is 14.6. The number of anilines is 1. The van der Waals surface area contributed by atoms with Crippen LogP contribution in [0.1, 0.15) is 25.7 Å². The molecule has 0 aliphatic carbocycles. The highest BCUT2D eigenvalue weighted by Crippen LogP contribution is 2.36. The number of nitrogens with one attached hydrogen (secondary N) is 2. The van der Waals surface area contributed by atoms with Gasteiger partial charge in [0, 0.05) is 53.2 Å². The number of rotatable bonds is 3. The van der Waals surface area contributed by atoms with E-state index in [0.29, 0.717) is 6.04 Å². The minimum absolute atomic E-state index is 0.564. The predicted molar refractivity (Wildman–Crippen MR) is 103 cm³/mol. The third-order valence-electron chi connectivity index (χ3n) is 6.11. The van der Waals surface area contributed by atoms with Crippen molar-refractivity contribution in [3.8, 4) is 11.1 Å². The molecular weight excluding hydrogens is 308 g/mol. The lowest BCUT2D eigenvalue weighted by atomic mass is 9.97. The van der Waals surface area contributed by atoms with Gasteiger partial charge < -0.3 is 15.2 Å². The van der Waals surface area contributed by atoms with Gasteiger partial charge in [0.1, 0.15) is 0 Å². The Bertz CT molecular complexity index is 886. The Kier molecular flexibility index (Phi) is 3.52. The van der Waals surface area contributed by atoms with E-state index in [-0.39, 0.29) is 0 Å². The molecule has 0 spiro atoms. The second-order valence-corrected chi connectivity index (χ2v) is 7.57. The summed E-state index contributed by atoms with van der Waals surface area (Å²) in [4.78, 5) is 10.4. The molecule has 5 rings (SSSR count).